The molecule has 2 N–H and O–H groups in total. The number of nitrogens with zero attached hydrogens (tertiary/aromatic N) is 2. The fraction of sp³-hybridized carbons (Fsp3) is 0.111. The highest BCUT2D eigenvalue weighted by atomic mass is 32.1. The predicted octanol–water partition coefficient (Wildman–Crippen LogP) is 6.02. The molecule has 0 amide bonds. The van der Waals surface area contributed by atoms with Crippen LogP contribution < -0.4 is 10.1 Å². The van der Waals surface area contributed by atoms with Crippen molar-refractivity contribution in [2.24, 2.45) is 0 Å². The molecule has 1 aliphatic rings. The van der Waals surface area contributed by atoms with Gasteiger partial charge in [-0.1, -0.05) is 59.9 Å². The van der Waals surface area contributed by atoms with Crippen molar-refractivity contribution in [2.75, 3.05) is 5.32 Å². The topological polar surface area (TPSA) is 67.3 Å². The van der Waals surface area contributed by atoms with E-state index in [9.17, 15) is 5.11 Å². The van der Waals surface area contributed by atoms with Crippen LogP contribution in [-0.2, 0) is 6.42 Å². The van der Waals surface area contributed by atoms with E-state index in [0.717, 1.165) is 43.7 Å². The zero-order chi connectivity index (χ0) is 22.2. The highest BCUT2D eigenvalue weighted by Gasteiger charge is 2.31. The molecule has 2 aromatic heterocycles. The quantitative estimate of drug-likeness (QED) is 0.343. The van der Waals surface area contributed by atoms with Crippen molar-refractivity contribution in [1.29, 1.82) is 0 Å². The van der Waals surface area contributed by atoms with Gasteiger partial charge in [0.2, 0.25) is 0 Å². The number of hydrogen-bond donors (Lipinski definition) is 2. The molecule has 0 fully saturated rings. The van der Waals surface area contributed by atoms with Crippen molar-refractivity contribution >= 4 is 26.7 Å². The summed E-state index contributed by atoms with van der Waals surface area (Å²) in [7, 11) is 0. The first kappa shape index (κ1) is 19.9. The third kappa shape index (κ3) is 3.95. The molecule has 6 rings (SSSR count). The Morgan fingerprint density at radius 1 is 1.00 bits per heavy atom. The minimum atomic E-state index is -0.461. The normalized spacial score (nSPS) is 17.1. The second-order valence-electron chi connectivity index (χ2n) is 8.01. The van der Waals surface area contributed by atoms with E-state index < -0.39 is 6.10 Å². The number of pyridine rings is 1. The van der Waals surface area contributed by atoms with Gasteiger partial charge in [0.15, 0.2) is 5.13 Å². The molecule has 1 aliphatic carbocycles. The minimum absolute atomic E-state index is 0.150. The average Bonchev–Trinajstić information content (AvgIpc) is 3.39. The predicted molar refractivity (Wildman–Crippen MR) is 131 cm³/mol. The standard InChI is InChI=1S/C27H20N3O2S/c31-24-14-18-8-4-5-9-21(18)26(24)30-27-29-22-11-10-19(16-25(22)33-27)32-20-12-13-28-23(15-20)17-6-2-1-3-7-17/h2-13,15-16,24,26,31H,14H2,(H,29,30)/t24-,26+/m0/s1. The number of aromatic nitrogens is 2. The lowest BCUT2D eigenvalue weighted by molar-refractivity contribution is 0.166. The van der Waals surface area contributed by atoms with Crippen LogP contribution >= 0.6 is 11.3 Å². The molecule has 0 saturated heterocycles. The van der Waals surface area contributed by atoms with E-state index >= 15 is 0 Å². The van der Waals surface area contributed by atoms with Gasteiger partial charge in [0.1, 0.15) is 11.5 Å². The zero-order valence-electron chi connectivity index (χ0n) is 17.6. The van der Waals surface area contributed by atoms with Crippen LogP contribution in [0.3, 0.4) is 0 Å². The van der Waals surface area contributed by atoms with Crippen LogP contribution in [0.5, 0.6) is 11.5 Å². The van der Waals surface area contributed by atoms with Crippen LogP contribution in [0.25, 0.3) is 21.5 Å². The zero-order valence-corrected chi connectivity index (χ0v) is 18.4. The Hall–Kier alpha value is -3.74. The third-order valence-corrected chi connectivity index (χ3v) is 6.77. The maximum absolute atomic E-state index is 10.5. The lowest BCUT2D eigenvalue weighted by Gasteiger charge is -2.16. The molecule has 3 aromatic carbocycles. The second-order valence-corrected chi connectivity index (χ2v) is 9.04. The molecule has 0 spiro atoms. The van der Waals surface area contributed by atoms with E-state index in [1.54, 1.807) is 17.5 Å². The number of aliphatic hydroxyl groups is 1. The van der Waals surface area contributed by atoms with Gasteiger partial charge in [0.05, 0.1) is 28.1 Å². The Balaban J connectivity index is 1.23. The van der Waals surface area contributed by atoms with Crippen molar-refractivity contribution < 1.29 is 9.84 Å². The maximum Gasteiger partial charge on any atom is 0.184 e. The van der Waals surface area contributed by atoms with Crippen LogP contribution in [0, 0.1) is 6.07 Å². The Kier molecular flexibility index (Phi) is 5.02. The number of nitrogens with one attached hydrogen (secondary N) is 1. The number of thiazole rings is 1. The van der Waals surface area contributed by atoms with Crippen molar-refractivity contribution in [3.63, 3.8) is 0 Å². The molecule has 161 valence electrons. The minimum Gasteiger partial charge on any atom is -0.457 e. The van der Waals surface area contributed by atoms with Gasteiger partial charge in [-0.2, -0.15) is 0 Å². The molecule has 2 heterocycles. The van der Waals surface area contributed by atoms with Crippen molar-refractivity contribution in [1.82, 2.24) is 9.97 Å². The lowest BCUT2D eigenvalue weighted by Crippen LogP contribution is -2.20. The molecule has 2 atom stereocenters. The summed E-state index contributed by atoms with van der Waals surface area (Å²) in [5.41, 5.74) is 5.08. The number of benzene rings is 3. The number of ether oxygens (including phenoxy) is 1. The molecule has 5 aromatic rings. The van der Waals surface area contributed by atoms with Crippen molar-refractivity contribution in [3.8, 4) is 22.8 Å². The highest BCUT2D eigenvalue weighted by Crippen LogP contribution is 2.37. The molecule has 0 bridgehead atoms. The first-order chi connectivity index (χ1) is 16.2. The largest absolute Gasteiger partial charge is 0.457 e. The van der Waals surface area contributed by atoms with Crippen LogP contribution in [0.15, 0.2) is 85.1 Å². The van der Waals surface area contributed by atoms with E-state index in [-0.39, 0.29) is 6.04 Å². The van der Waals surface area contributed by atoms with Gasteiger partial charge in [-0.05, 0) is 35.4 Å². The molecule has 6 heteroatoms. The molecule has 5 nitrogen and oxygen atoms in total. The van der Waals surface area contributed by atoms with Gasteiger partial charge in [0.25, 0.3) is 0 Å². The number of hydrogen-bond acceptors (Lipinski definition) is 6. The first-order valence-electron chi connectivity index (χ1n) is 10.8. The monoisotopic (exact) mass is 450 g/mol. The van der Waals surface area contributed by atoms with Crippen LogP contribution in [0.4, 0.5) is 5.13 Å². The fourth-order valence-corrected chi connectivity index (χ4v) is 5.17. The average molecular weight is 451 g/mol. The summed E-state index contributed by atoms with van der Waals surface area (Å²) in [5, 5.41) is 14.8. The third-order valence-electron chi connectivity index (χ3n) is 5.82. The first-order valence-corrected chi connectivity index (χ1v) is 11.6. The summed E-state index contributed by atoms with van der Waals surface area (Å²) in [6.45, 7) is 0. The Bertz CT molecular complexity index is 1430. The summed E-state index contributed by atoms with van der Waals surface area (Å²) in [4.78, 5) is 9.16. The SMILES string of the molecule is O[C@H]1Cc2ccccc2[C@H]1Nc1nc2ccc(Oc3ccnc(-c4cc[c]cc4)c3)cc2s1. The summed E-state index contributed by atoms with van der Waals surface area (Å²) >= 11 is 1.56. The Morgan fingerprint density at radius 3 is 2.76 bits per heavy atom. The summed E-state index contributed by atoms with van der Waals surface area (Å²) in [6.07, 6.45) is 1.95. The lowest BCUT2D eigenvalue weighted by atomic mass is 10.1. The molecular weight excluding hydrogens is 430 g/mol. The summed E-state index contributed by atoms with van der Waals surface area (Å²) in [5.74, 6) is 1.46. The number of anilines is 1. The van der Waals surface area contributed by atoms with Gasteiger partial charge >= 0.3 is 0 Å². The highest BCUT2D eigenvalue weighted by molar-refractivity contribution is 7.22. The van der Waals surface area contributed by atoms with Crippen LogP contribution in [-0.4, -0.2) is 21.2 Å². The molecule has 0 unspecified atom stereocenters. The molecule has 0 aliphatic heterocycles. The van der Waals surface area contributed by atoms with Crippen molar-refractivity contribution in [3.05, 3.63) is 102 Å². The molecule has 1 radical (unpaired) electrons. The van der Waals surface area contributed by atoms with Crippen LogP contribution in [0.1, 0.15) is 17.2 Å². The van der Waals surface area contributed by atoms with E-state index in [1.165, 1.54) is 5.56 Å². The van der Waals surface area contributed by atoms with E-state index in [2.05, 4.69) is 28.5 Å². The number of fused-ring (bicyclic) bond motifs is 2. The van der Waals surface area contributed by atoms with E-state index in [1.807, 2.05) is 66.7 Å². The van der Waals surface area contributed by atoms with Gasteiger partial charge < -0.3 is 15.2 Å². The molecule has 0 saturated carbocycles. The van der Waals surface area contributed by atoms with E-state index in [4.69, 9.17) is 9.72 Å². The smallest absolute Gasteiger partial charge is 0.184 e. The summed E-state index contributed by atoms with van der Waals surface area (Å²) < 4.78 is 7.14. The maximum atomic E-state index is 10.5. The van der Waals surface area contributed by atoms with Gasteiger partial charge in [0, 0.05) is 30.3 Å². The van der Waals surface area contributed by atoms with Gasteiger partial charge in [-0.3, -0.25) is 4.98 Å². The Labute approximate surface area is 195 Å². The van der Waals surface area contributed by atoms with Gasteiger partial charge in [-0.25, -0.2) is 4.98 Å². The van der Waals surface area contributed by atoms with Gasteiger partial charge in [-0.15, -0.1) is 0 Å². The Morgan fingerprint density at radius 2 is 1.85 bits per heavy atom. The van der Waals surface area contributed by atoms with E-state index in [0.29, 0.717) is 6.42 Å². The number of aliphatic hydroxyl groups excluding tert-OH is 1. The summed E-state index contributed by atoms with van der Waals surface area (Å²) in [6, 6.07) is 28.4. The number of rotatable bonds is 5. The fourth-order valence-electron chi connectivity index (χ4n) is 4.24. The molecule has 33 heavy (non-hydrogen) atoms. The molecular formula is C27H20N3O2S. The van der Waals surface area contributed by atoms with Crippen molar-refractivity contribution in [2.45, 2.75) is 18.6 Å². The van der Waals surface area contributed by atoms with Crippen LogP contribution in [0.2, 0.25) is 0 Å². The second kappa shape index (κ2) is 8.31.